The normalized spacial score (nSPS) is 16.2. The van der Waals surface area contributed by atoms with Gasteiger partial charge in [0.2, 0.25) is 0 Å². The number of hydrogen-bond acceptors (Lipinski definition) is 3. The van der Waals surface area contributed by atoms with E-state index in [1.54, 1.807) is 24.3 Å². The van der Waals surface area contributed by atoms with Crippen LogP contribution < -0.4 is 10.1 Å². The molecule has 0 bridgehead atoms. The minimum atomic E-state index is -0.832. The van der Waals surface area contributed by atoms with Gasteiger partial charge < -0.3 is 15.2 Å². The number of benzene rings is 2. The number of nitrogens with one attached hydrogen (secondary N) is 1. The van der Waals surface area contributed by atoms with Gasteiger partial charge in [-0.3, -0.25) is 4.79 Å². The summed E-state index contributed by atoms with van der Waals surface area (Å²) < 4.78 is 19.6. The molecule has 0 aliphatic carbocycles. The second kappa shape index (κ2) is 7.57. The summed E-state index contributed by atoms with van der Waals surface area (Å²) >= 11 is 6.01. The zero-order chi connectivity index (χ0) is 17.8. The standard InChI is InChI=1S/C19H17ClFNO3/c20-15-2-1-3-16(21)14(15)7-4-12-5-8-18-17(10-12)22-11-13(25-18)6-9-19(23)24/h1-5,7-8,10,13,22H,6,9,11H2,(H,23,24)/t13-/m0/s1. The summed E-state index contributed by atoms with van der Waals surface area (Å²) in [7, 11) is 0. The van der Waals surface area contributed by atoms with E-state index in [0.717, 1.165) is 11.3 Å². The van der Waals surface area contributed by atoms with E-state index in [0.29, 0.717) is 29.3 Å². The highest BCUT2D eigenvalue weighted by atomic mass is 35.5. The Bertz CT molecular complexity index is 802. The first-order valence-electron chi connectivity index (χ1n) is 7.91. The Morgan fingerprint density at radius 2 is 2.20 bits per heavy atom. The van der Waals surface area contributed by atoms with Crippen LogP contribution in [0.1, 0.15) is 24.0 Å². The molecule has 1 aliphatic rings. The lowest BCUT2D eigenvalue weighted by Gasteiger charge is -2.27. The molecule has 25 heavy (non-hydrogen) atoms. The molecular formula is C19H17ClFNO3. The van der Waals surface area contributed by atoms with Crippen molar-refractivity contribution in [3.63, 3.8) is 0 Å². The highest BCUT2D eigenvalue weighted by Crippen LogP contribution is 2.32. The van der Waals surface area contributed by atoms with Gasteiger partial charge in [-0.15, -0.1) is 0 Å². The molecule has 0 amide bonds. The predicted octanol–water partition coefficient (Wildman–Crippen LogP) is 4.69. The second-order valence-electron chi connectivity index (χ2n) is 5.78. The van der Waals surface area contributed by atoms with Crippen molar-refractivity contribution in [1.82, 2.24) is 0 Å². The van der Waals surface area contributed by atoms with Crippen LogP contribution in [0.3, 0.4) is 0 Å². The largest absolute Gasteiger partial charge is 0.486 e. The minimum Gasteiger partial charge on any atom is -0.486 e. The van der Waals surface area contributed by atoms with Gasteiger partial charge in [0.15, 0.2) is 0 Å². The van der Waals surface area contributed by atoms with E-state index in [1.807, 2.05) is 18.2 Å². The Labute approximate surface area is 149 Å². The summed E-state index contributed by atoms with van der Waals surface area (Å²) in [5.41, 5.74) is 2.05. The number of anilines is 1. The van der Waals surface area contributed by atoms with Crippen molar-refractivity contribution >= 4 is 35.4 Å². The first-order chi connectivity index (χ1) is 12.0. The first kappa shape index (κ1) is 17.3. The second-order valence-corrected chi connectivity index (χ2v) is 6.18. The first-order valence-corrected chi connectivity index (χ1v) is 8.29. The molecule has 0 spiro atoms. The molecule has 0 unspecified atom stereocenters. The molecule has 0 saturated heterocycles. The summed E-state index contributed by atoms with van der Waals surface area (Å²) in [5, 5.41) is 12.4. The van der Waals surface area contributed by atoms with Crippen LogP contribution in [0, 0.1) is 5.82 Å². The molecular weight excluding hydrogens is 345 g/mol. The Hall–Kier alpha value is -2.53. The minimum absolute atomic E-state index is 0.0753. The number of ether oxygens (including phenoxy) is 1. The van der Waals surface area contributed by atoms with Crippen molar-refractivity contribution in [2.75, 3.05) is 11.9 Å². The lowest BCUT2D eigenvalue weighted by Crippen LogP contribution is -2.31. The fraction of sp³-hybridized carbons (Fsp3) is 0.211. The highest BCUT2D eigenvalue weighted by molar-refractivity contribution is 6.32. The zero-order valence-corrected chi connectivity index (χ0v) is 14.1. The molecule has 1 aliphatic heterocycles. The van der Waals surface area contributed by atoms with E-state index in [1.165, 1.54) is 6.07 Å². The van der Waals surface area contributed by atoms with Gasteiger partial charge >= 0.3 is 5.97 Å². The van der Waals surface area contributed by atoms with E-state index in [2.05, 4.69) is 5.32 Å². The molecule has 2 aromatic carbocycles. The van der Waals surface area contributed by atoms with Crippen molar-refractivity contribution in [1.29, 1.82) is 0 Å². The Morgan fingerprint density at radius 1 is 1.36 bits per heavy atom. The van der Waals surface area contributed by atoms with Gasteiger partial charge in [-0.05, 0) is 42.3 Å². The van der Waals surface area contributed by atoms with Gasteiger partial charge in [0.25, 0.3) is 0 Å². The molecule has 130 valence electrons. The number of fused-ring (bicyclic) bond motifs is 1. The molecule has 2 N–H and O–H groups in total. The van der Waals surface area contributed by atoms with E-state index in [4.69, 9.17) is 21.4 Å². The van der Waals surface area contributed by atoms with Crippen LogP contribution in [-0.2, 0) is 4.79 Å². The number of aliphatic carboxylic acids is 1. The predicted molar refractivity (Wildman–Crippen MR) is 96.6 cm³/mol. The van der Waals surface area contributed by atoms with Gasteiger partial charge in [0, 0.05) is 12.0 Å². The van der Waals surface area contributed by atoms with Crippen LogP contribution in [-0.4, -0.2) is 23.7 Å². The molecule has 2 aromatic rings. The summed E-state index contributed by atoms with van der Waals surface area (Å²) in [4.78, 5) is 10.6. The third-order valence-corrected chi connectivity index (χ3v) is 4.27. The maximum atomic E-state index is 13.8. The molecule has 3 rings (SSSR count). The van der Waals surface area contributed by atoms with Crippen molar-refractivity contribution < 1.29 is 19.0 Å². The summed E-state index contributed by atoms with van der Waals surface area (Å²) in [5.74, 6) is -0.520. The fourth-order valence-electron chi connectivity index (χ4n) is 2.63. The molecule has 1 heterocycles. The summed E-state index contributed by atoms with van der Waals surface area (Å²) in [6, 6.07) is 10.1. The number of carboxylic acid groups (broad SMARTS) is 1. The molecule has 1 atom stereocenters. The average molecular weight is 362 g/mol. The van der Waals surface area contributed by atoms with Crippen LogP contribution in [0.5, 0.6) is 5.75 Å². The third kappa shape index (κ3) is 4.31. The topological polar surface area (TPSA) is 58.6 Å². The van der Waals surface area contributed by atoms with Gasteiger partial charge in [0.1, 0.15) is 17.7 Å². The maximum Gasteiger partial charge on any atom is 0.303 e. The number of carbonyl (C=O) groups is 1. The Morgan fingerprint density at radius 3 is 2.96 bits per heavy atom. The molecule has 0 radical (unpaired) electrons. The number of halogens is 2. The quantitative estimate of drug-likeness (QED) is 0.759. The zero-order valence-electron chi connectivity index (χ0n) is 13.3. The Kier molecular flexibility index (Phi) is 5.24. The Balaban J connectivity index is 1.72. The van der Waals surface area contributed by atoms with Crippen LogP contribution in [0.2, 0.25) is 5.02 Å². The molecule has 0 aromatic heterocycles. The number of hydrogen-bond donors (Lipinski definition) is 2. The summed E-state index contributed by atoms with van der Waals surface area (Å²) in [6.45, 7) is 0.548. The van der Waals surface area contributed by atoms with Crippen molar-refractivity contribution in [3.05, 3.63) is 58.4 Å². The molecule has 0 saturated carbocycles. The lowest BCUT2D eigenvalue weighted by atomic mass is 10.1. The van der Waals surface area contributed by atoms with Crippen LogP contribution >= 0.6 is 11.6 Å². The van der Waals surface area contributed by atoms with Gasteiger partial charge in [-0.25, -0.2) is 4.39 Å². The smallest absolute Gasteiger partial charge is 0.303 e. The van der Waals surface area contributed by atoms with E-state index in [-0.39, 0.29) is 18.3 Å². The molecule has 6 heteroatoms. The van der Waals surface area contributed by atoms with E-state index < -0.39 is 5.97 Å². The SMILES string of the molecule is O=C(O)CC[C@H]1CNc2cc(C=Cc3c(F)cccc3Cl)ccc2O1. The average Bonchev–Trinajstić information content (AvgIpc) is 2.59. The van der Waals surface area contributed by atoms with Gasteiger partial charge in [-0.2, -0.15) is 0 Å². The van der Waals surface area contributed by atoms with Crippen molar-refractivity contribution in [2.45, 2.75) is 18.9 Å². The number of carboxylic acids is 1. The summed E-state index contributed by atoms with van der Waals surface area (Å²) in [6.07, 6.45) is 3.78. The lowest BCUT2D eigenvalue weighted by molar-refractivity contribution is -0.137. The van der Waals surface area contributed by atoms with E-state index in [9.17, 15) is 9.18 Å². The van der Waals surface area contributed by atoms with E-state index >= 15 is 0 Å². The van der Waals surface area contributed by atoms with Gasteiger partial charge in [0.05, 0.1) is 17.3 Å². The fourth-order valence-corrected chi connectivity index (χ4v) is 2.86. The van der Waals surface area contributed by atoms with Crippen molar-refractivity contribution in [2.24, 2.45) is 0 Å². The van der Waals surface area contributed by atoms with Crippen LogP contribution in [0.15, 0.2) is 36.4 Å². The monoisotopic (exact) mass is 361 g/mol. The van der Waals surface area contributed by atoms with Gasteiger partial charge in [-0.1, -0.05) is 29.8 Å². The maximum absolute atomic E-state index is 13.8. The van der Waals surface area contributed by atoms with Crippen LogP contribution in [0.4, 0.5) is 10.1 Å². The molecule has 4 nitrogen and oxygen atoms in total. The molecule has 0 fully saturated rings. The highest BCUT2D eigenvalue weighted by Gasteiger charge is 2.20. The van der Waals surface area contributed by atoms with Crippen LogP contribution in [0.25, 0.3) is 12.2 Å². The third-order valence-electron chi connectivity index (χ3n) is 3.94. The van der Waals surface area contributed by atoms with Crippen molar-refractivity contribution in [3.8, 4) is 5.75 Å². The number of rotatable bonds is 5.